The number of pyridine rings is 1. The minimum Gasteiger partial charge on any atom is -0.355 e. The molecule has 0 saturated carbocycles. The number of hydrogen-bond donors (Lipinski definition) is 2. The molecule has 4 nitrogen and oxygen atoms in total. The highest BCUT2D eigenvalue weighted by atomic mass is 35.5. The lowest BCUT2D eigenvalue weighted by Gasteiger charge is -2.11. The third-order valence-corrected chi connectivity index (χ3v) is 3.80. The van der Waals surface area contributed by atoms with Gasteiger partial charge in [0.1, 0.15) is 11.5 Å². The topological polar surface area (TPSA) is 54.0 Å². The number of anilines is 3. The van der Waals surface area contributed by atoms with E-state index in [-0.39, 0.29) is 17.4 Å². The van der Waals surface area contributed by atoms with Gasteiger partial charge in [0.15, 0.2) is 0 Å². The van der Waals surface area contributed by atoms with Gasteiger partial charge < -0.3 is 10.6 Å². The van der Waals surface area contributed by atoms with Crippen LogP contribution in [0.5, 0.6) is 0 Å². The van der Waals surface area contributed by atoms with E-state index in [9.17, 15) is 9.18 Å². The molecule has 3 aromatic rings. The molecule has 0 unspecified atom stereocenters. The molecular weight excluding hydrogens is 341 g/mol. The van der Waals surface area contributed by atoms with Crippen LogP contribution < -0.4 is 10.6 Å². The number of halogens is 2. The molecular formula is C19H15ClFN3O. The molecule has 0 aliphatic carbocycles. The zero-order chi connectivity index (χ0) is 17.8. The first-order valence-electron chi connectivity index (χ1n) is 7.57. The number of carbonyl (C=O) groups is 1. The van der Waals surface area contributed by atoms with Crippen molar-refractivity contribution >= 4 is 34.6 Å². The summed E-state index contributed by atoms with van der Waals surface area (Å²) in [4.78, 5) is 16.4. The van der Waals surface area contributed by atoms with Crippen molar-refractivity contribution in [1.82, 2.24) is 4.98 Å². The van der Waals surface area contributed by atoms with E-state index in [2.05, 4.69) is 15.6 Å². The first-order valence-corrected chi connectivity index (χ1v) is 7.95. The summed E-state index contributed by atoms with van der Waals surface area (Å²) < 4.78 is 12.9. The lowest BCUT2D eigenvalue weighted by Crippen LogP contribution is -2.13. The molecule has 6 heteroatoms. The van der Waals surface area contributed by atoms with Crippen molar-refractivity contribution in [3.8, 4) is 0 Å². The van der Waals surface area contributed by atoms with Crippen molar-refractivity contribution in [3.05, 3.63) is 82.9 Å². The Kier molecular flexibility index (Phi) is 4.95. The van der Waals surface area contributed by atoms with Crippen molar-refractivity contribution in [3.63, 3.8) is 0 Å². The van der Waals surface area contributed by atoms with Crippen molar-refractivity contribution in [2.45, 2.75) is 6.92 Å². The molecule has 25 heavy (non-hydrogen) atoms. The molecule has 0 atom stereocenters. The number of aromatic nitrogens is 1. The quantitative estimate of drug-likeness (QED) is 0.678. The summed E-state index contributed by atoms with van der Waals surface area (Å²) in [5.41, 5.74) is 3.35. The van der Waals surface area contributed by atoms with Crippen LogP contribution in [-0.2, 0) is 0 Å². The van der Waals surface area contributed by atoms with Crippen LogP contribution >= 0.6 is 11.6 Å². The van der Waals surface area contributed by atoms with Gasteiger partial charge in [-0.15, -0.1) is 0 Å². The van der Waals surface area contributed by atoms with Gasteiger partial charge in [0.05, 0.1) is 0 Å². The van der Waals surface area contributed by atoms with Gasteiger partial charge in [-0.2, -0.15) is 0 Å². The molecule has 0 spiro atoms. The molecule has 0 fully saturated rings. The van der Waals surface area contributed by atoms with Crippen LogP contribution in [0.4, 0.5) is 21.5 Å². The maximum absolute atomic E-state index is 12.9. The van der Waals surface area contributed by atoms with Gasteiger partial charge >= 0.3 is 0 Å². The number of hydrogen-bond acceptors (Lipinski definition) is 3. The highest BCUT2D eigenvalue weighted by Gasteiger charge is 2.09. The summed E-state index contributed by atoms with van der Waals surface area (Å²) in [5, 5.41) is 6.58. The van der Waals surface area contributed by atoms with E-state index >= 15 is 0 Å². The second kappa shape index (κ2) is 7.32. The molecule has 126 valence electrons. The first kappa shape index (κ1) is 16.9. The van der Waals surface area contributed by atoms with Crippen LogP contribution in [0.3, 0.4) is 0 Å². The fourth-order valence-electron chi connectivity index (χ4n) is 2.28. The lowest BCUT2D eigenvalue weighted by molar-refractivity contribution is 0.102. The van der Waals surface area contributed by atoms with Crippen molar-refractivity contribution in [1.29, 1.82) is 0 Å². The number of amides is 1. The van der Waals surface area contributed by atoms with E-state index in [4.69, 9.17) is 11.6 Å². The SMILES string of the molecule is Cc1cc(Cl)ccc1Nc1ccnc(C(=O)Nc2ccc(F)cc2)c1. The number of benzene rings is 2. The molecule has 1 heterocycles. The molecule has 0 aliphatic heterocycles. The number of rotatable bonds is 4. The van der Waals surface area contributed by atoms with E-state index in [1.165, 1.54) is 24.3 Å². The largest absolute Gasteiger partial charge is 0.355 e. The average molecular weight is 356 g/mol. The molecule has 3 rings (SSSR count). The summed E-state index contributed by atoms with van der Waals surface area (Å²) in [6.45, 7) is 1.94. The van der Waals surface area contributed by atoms with Crippen molar-refractivity contribution < 1.29 is 9.18 Å². The van der Waals surface area contributed by atoms with Crippen LogP contribution in [0.2, 0.25) is 5.02 Å². The third-order valence-electron chi connectivity index (χ3n) is 3.56. The fraction of sp³-hybridized carbons (Fsp3) is 0.0526. The third kappa shape index (κ3) is 4.33. The van der Waals surface area contributed by atoms with E-state index < -0.39 is 0 Å². The molecule has 0 aliphatic rings. The van der Waals surface area contributed by atoms with Gasteiger partial charge in [-0.05, 0) is 67.1 Å². The van der Waals surface area contributed by atoms with Gasteiger partial charge in [0.25, 0.3) is 5.91 Å². The fourth-order valence-corrected chi connectivity index (χ4v) is 2.51. The molecule has 0 radical (unpaired) electrons. The second-order valence-electron chi connectivity index (χ2n) is 5.48. The number of nitrogens with zero attached hydrogens (tertiary/aromatic N) is 1. The Labute approximate surface area is 149 Å². The lowest BCUT2D eigenvalue weighted by atomic mass is 10.2. The zero-order valence-corrected chi connectivity index (χ0v) is 14.1. The monoisotopic (exact) mass is 355 g/mol. The Bertz CT molecular complexity index is 913. The summed E-state index contributed by atoms with van der Waals surface area (Å²) in [5.74, 6) is -0.733. The zero-order valence-electron chi connectivity index (χ0n) is 13.4. The maximum Gasteiger partial charge on any atom is 0.274 e. The Morgan fingerprint density at radius 2 is 1.80 bits per heavy atom. The maximum atomic E-state index is 12.9. The number of carbonyl (C=O) groups excluding carboxylic acids is 1. The molecule has 2 aromatic carbocycles. The predicted octanol–water partition coefficient (Wildman–Crippen LogP) is 5.18. The summed E-state index contributed by atoms with van der Waals surface area (Å²) in [7, 11) is 0. The van der Waals surface area contributed by atoms with Gasteiger partial charge in [0, 0.05) is 28.3 Å². The minimum atomic E-state index is -0.372. The average Bonchev–Trinajstić information content (AvgIpc) is 2.60. The Hall–Kier alpha value is -2.92. The van der Waals surface area contributed by atoms with Crippen LogP contribution in [-0.4, -0.2) is 10.9 Å². The van der Waals surface area contributed by atoms with E-state index in [1.54, 1.807) is 24.4 Å². The smallest absolute Gasteiger partial charge is 0.274 e. The molecule has 2 N–H and O–H groups in total. The molecule has 1 amide bonds. The highest BCUT2D eigenvalue weighted by molar-refractivity contribution is 6.30. The summed E-state index contributed by atoms with van der Waals surface area (Å²) >= 11 is 5.96. The molecule has 0 saturated heterocycles. The van der Waals surface area contributed by atoms with Gasteiger partial charge in [0.2, 0.25) is 0 Å². The van der Waals surface area contributed by atoms with Crippen LogP contribution in [0.25, 0.3) is 0 Å². The normalized spacial score (nSPS) is 10.4. The summed E-state index contributed by atoms with van der Waals surface area (Å²) in [6.07, 6.45) is 1.55. The van der Waals surface area contributed by atoms with E-state index in [1.807, 2.05) is 19.1 Å². The predicted molar refractivity (Wildman–Crippen MR) is 98.1 cm³/mol. The highest BCUT2D eigenvalue weighted by Crippen LogP contribution is 2.23. The van der Waals surface area contributed by atoms with Crippen molar-refractivity contribution in [2.75, 3.05) is 10.6 Å². The Morgan fingerprint density at radius 3 is 2.52 bits per heavy atom. The number of nitrogens with one attached hydrogen (secondary N) is 2. The second-order valence-corrected chi connectivity index (χ2v) is 5.91. The Balaban J connectivity index is 1.76. The molecule has 1 aromatic heterocycles. The van der Waals surface area contributed by atoms with Crippen LogP contribution in [0, 0.1) is 12.7 Å². The molecule has 0 bridgehead atoms. The van der Waals surface area contributed by atoms with Gasteiger partial charge in [-0.3, -0.25) is 9.78 Å². The minimum absolute atomic E-state index is 0.251. The van der Waals surface area contributed by atoms with E-state index in [0.717, 1.165) is 16.9 Å². The van der Waals surface area contributed by atoms with Crippen LogP contribution in [0.1, 0.15) is 16.1 Å². The first-order chi connectivity index (χ1) is 12.0. The number of aryl methyl sites for hydroxylation is 1. The standard InChI is InChI=1S/C19H15ClFN3O/c1-12-10-13(20)2-7-17(12)23-16-8-9-22-18(11-16)19(25)24-15-5-3-14(21)4-6-15/h2-11H,1H3,(H,22,23)(H,24,25). The van der Waals surface area contributed by atoms with Crippen LogP contribution in [0.15, 0.2) is 60.8 Å². The van der Waals surface area contributed by atoms with Gasteiger partial charge in [-0.25, -0.2) is 4.39 Å². The van der Waals surface area contributed by atoms with Crippen molar-refractivity contribution in [2.24, 2.45) is 0 Å². The van der Waals surface area contributed by atoms with Gasteiger partial charge in [-0.1, -0.05) is 11.6 Å². The summed E-state index contributed by atoms with van der Waals surface area (Å²) in [6, 6.07) is 14.5. The Morgan fingerprint density at radius 1 is 1.04 bits per heavy atom. The van der Waals surface area contributed by atoms with E-state index in [0.29, 0.717) is 10.7 Å².